The molecule has 1 aromatic carbocycles. The lowest BCUT2D eigenvalue weighted by atomic mass is 10.1. The second-order valence-corrected chi connectivity index (χ2v) is 8.95. The van der Waals surface area contributed by atoms with Crippen LogP contribution in [0.2, 0.25) is 0 Å². The van der Waals surface area contributed by atoms with Gasteiger partial charge >= 0.3 is 0 Å². The number of likely N-dealkylation sites (tertiary alicyclic amines) is 1. The quantitative estimate of drug-likeness (QED) is 0.140. The Balaban J connectivity index is 0.00000187. The minimum absolute atomic E-state index is 0.113. The van der Waals surface area contributed by atoms with Crippen LogP contribution in [0.4, 0.5) is 0 Å². The van der Waals surface area contributed by atoms with Gasteiger partial charge in [-0.3, -0.25) is 9.69 Å². The minimum atomic E-state index is -0.113. The highest BCUT2D eigenvalue weighted by Crippen LogP contribution is 2.20. The van der Waals surface area contributed by atoms with Crippen molar-refractivity contribution in [2.45, 2.75) is 59.4 Å². The molecule has 1 saturated heterocycles. The molecule has 180 valence electrons. The van der Waals surface area contributed by atoms with Gasteiger partial charge in [0, 0.05) is 35.8 Å². The molecule has 1 aliphatic rings. The van der Waals surface area contributed by atoms with E-state index in [9.17, 15) is 4.79 Å². The predicted molar refractivity (Wildman–Crippen MR) is 144 cm³/mol. The lowest BCUT2D eigenvalue weighted by Gasteiger charge is -2.33. The second kappa shape index (κ2) is 14.8. The highest BCUT2D eigenvalue weighted by atomic mass is 32.2. The number of nitrogens with zero attached hydrogens (tertiary/aromatic N) is 3. The molecule has 2 heterocycles. The first-order valence-electron chi connectivity index (χ1n) is 12.1. The highest BCUT2D eigenvalue weighted by Gasteiger charge is 2.17. The normalized spacial score (nSPS) is 15.6. The van der Waals surface area contributed by atoms with Gasteiger partial charge in [0.15, 0.2) is 0 Å². The van der Waals surface area contributed by atoms with Gasteiger partial charge < -0.3 is 9.88 Å². The van der Waals surface area contributed by atoms with Gasteiger partial charge in [0.2, 0.25) is 5.56 Å². The van der Waals surface area contributed by atoms with Crippen molar-refractivity contribution in [2.75, 3.05) is 32.1 Å². The molecule has 1 fully saturated rings. The summed E-state index contributed by atoms with van der Waals surface area (Å²) < 4.78 is 0. The summed E-state index contributed by atoms with van der Waals surface area (Å²) in [6.45, 7) is 13.1. The molecule has 6 nitrogen and oxygen atoms in total. The molecule has 2 N–H and O–H groups in total. The number of hydrogen-bond donors (Lipinski definition) is 2. The van der Waals surface area contributed by atoms with Gasteiger partial charge in [0.25, 0.3) is 0 Å². The van der Waals surface area contributed by atoms with Crippen LogP contribution in [0, 0.1) is 12.5 Å². The Bertz CT molecular complexity index is 975. The van der Waals surface area contributed by atoms with Crippen molar-refractivity contribution in [3.63, 3.8) is 0 Å². The highest BCUT2D eigenvalue weighted by molar-refractivity contribution is 8.14. The van der Waals surface area contributed by atoms with Gasteiger partial charge in [0.05, 0.1) is 5.88 Å². The molecule has 1 atom stereocenters. The molecule has 1 aliphatic heterocycles. The number of piperidine rings is 1. The summed E-state index contributed by atoms with van der Waals surface area (Å²) in [5.41, 5.74) is 4.25. The van der Waals surface area contributed by atoms with Crippen LogP contribution in [-0.4, -0.2) is 57.9 Å². The number of nitrogens with one attached hydrogen (secondary N) is 2. The summed E-state index contributed by atoms with van der Waals surface area (Å²) in [6.07, 6.45) is 10.6. The largest absolute Gasteiger partial charge is 0.322 e. The maximum absolute atomic E-state index is 11.7. The van der Waals surface area contributed by atoms with E-state index in [1.165, 1.54) is 44.8 Å². The fourth-order valence-corrected chi connectivity index (χ4v) is 4.94. The minimum Gasteiger partial charge on any atom is -0.322 e. The molecule has 1 aromatic heterocycles. The monoisotopic (exact) mass is 469 g/mol. The third-order valence-electron chi connectivity index (χ3n) is 5.90. The summed E-state index contributed by atoms with van der Waals surface area (Å²) in [5, 5.41) is 6.18. The zero-order valence-electron chi connectivity index (χ0n) is 20.6. The van der Waals surface area contributed by atoms with Crippen molar-refractivity contribution in [1.82, 2.24) is 20.2 Å². The molecular weight excluding hydrogens is 430 g/mol. The number of hydrazone groups is 1. The number of aromatic amines is 1. The Morgan fingerprint density at radius 3 is 2.70 bits per heavy atom. The molecule has 0 bridgehead atoms. The zero-order valence-corrected chi connectivity index (χ0v) is 21.4. The lowest BCUT2D eigenvalue weighted by Crippen LogP contribution is -2.39. The Morgan fingerprint density at radius 2 is 2.00 bits per heavy atom. The maximum Gasteiger partial charge on any atom is 0.248 e. The zero-order chi connectivity index (χ0) is 24.1. The molecule has 0 radical (unpaired) electrons. The molecule has 7 heteroatoms. The van der Waals surface area contributed by atoms with Gasteiger partial charge in [-0.1, -0.05) is 57.5 Å². The molecule has 2 aromatic rings. The summed E-state index contributed by atoms with van der Waals surface area (Å²) in [5.74, 6) is 0.831. The van der Waals surface area contributed by atoms with Crippen molar-refractivity contribution in [3.8, 4) is 12.5 Å². The number of H-pyrrole nitrogens is 1. The van der Waals surface area contributed by atoms with Gasteiger partial charge in [-0.25, -0.2) is 5.43 Å². The second-order valence-electron chi connectivity index (χ2n) is 8.02. The summed E-state index contributed by atoms with van der Waals surface area (Å²) in [7, 11) is 0. The SMILES string of the molecule is C#CN/N=C(\SCN(CC)CCC(C)N1CCCCC1)c1ccc2ccc(=O)[nH]c2c1.CC. The van der Waals surface area contributed by atoms with Crippen molar-refractivity contribution in [3.05, 3.63) is 46.2 Å². The number of hydrogen-bond acceptors (Lipinski definition) is 6. The fraction of sp³-hybridized carbons (Fsp3) is 0.538. The van der Waals surface area contributed by atoms with Crippen LogP contribution in [0.1, 0.15) is 58.9 Å². The number of fused-ring (bicyclic) bond motifs is 1. The van der Waals surface area contributed by atoms with E-state index in [0.29, 0.717) is 6.04 Å². The summed E-state index contributed by atoms with van der Waals surface area (Å²) >= 11 is 1.66. The van der Waals surface area contributed by atoms with Crippen LogP contribution >= 0.6 is 11.8 Å². The van der Waals surface area contributed by atoms with Crippen LogP contribution in [0.15, 0.2) is 40.2 Å². The van der Waals surface area contributed by atoms with Crippen molar-refractivity contribution < 1.29 is 0 Å². The van der Waals surface area contributed by atoms with Crippen molar-refractivity contribution in [1.29, 1.82) is 0 Å². The number of aromatic nitrogens is 1. The first-order chi connectivity index (χ1) is 16.1. The van der Waals surface area contributed by atoms with Crippen LogP contribution in [0.25, 0.3) is 10.9 Å². The molecule has 3 rings (SSSR count). The van der Waals surface area contributed by atoms with Crippen LogP contribution < -0.4 is 11.0 Å². The van der Waals surface area contributed by atoms with E-state index in [0.717, 1.165) is 40.5 Å². The standard InChI is InChI=1S/C24H33N5OS.C2H6/c1-4-25-27-24(21-10-9-20-11-12-23(30)26-22(20)17-21)31-18-28(5-2)16-13-19(3)29-14-7-6-8-15-29;1-2/h1,9-12,17,19,25H,5-8,13-16,18H2,2-3H3,(H,26,30);1-2H3/b27-24-;. The van der Waals surface area contributed by atoms with Crippen molar-refractivity contribution in [2.24, 2.45) is 5.10 Å². The van der Waals surface area contributed by atoms with E-state index in [-0.39, 0.29) is 5.56 Å². The van der Waals surface area contributed by atoms with Crippen LogP contribution in [0.3, 0.4) is 0 Å². The van der Waals surface area contributed by atoms with E-state index in [2.05, 4.69) is 45.2 Å². The number of rotatable bonds is 9. The Morgan fingerprint density at radius 1 is 1.27 bits per heavy atom. The van der Waals surface area contributed by atoms with Crippen molar-refractivity contribution >= 4 is 27.7 Å². The number of benzene rings is 1. The van der Waals surface area contributed by atoms with E-state index in [1.54, 1.807) is 11.8 Å². The third-order valence-corrected chi connectivity index (χ3v) is 7.00. The fourth-order valence-electron chi connectivity index (χ4n) is 3.92. The molecule has 0 spiro atoms. The van der Waals surface area contributed by atoms with Crippen LogP contribution in [-0.2, 0) is 0 Å². The number of terminal acetylenes is 1. The maximum atomic E-state index is 11.7. The predicted octanol–water partition coefficient (Wildman–Crippen LogP) is 4.67. The Hall–Kier alpha value is -2.27. The van der Waals surface area contributed by atoms with E-state index >= 15 is 0 Å². The van der Waals surface area contributed by atoms with Gasteiger partial charge in [-0.2, -0.15) is 5.10 Å². The average Bonchev–Trinajstić information content (AvgIpc) is 2.86. The van der Waals surface area contributed by atoms with Crippen LogP contribution in [0.5, 0.6) is 0 Å². The smallest absolute Gasteiger partial charge is 0.248 e. The van der Waals surface area contributed by atoms with E-state index < -0.39 is 0 Å². The Labute approximate surface area is 203 Å². The van der Waals surface area contributed by atoms with Gasteiger partial charge in [-0.05, 0) is 63.3 Å². The molecule has 0 aliphatic carbocycles. The van der Waals surface area contributed by atoms with Gasteiger partial charge in [0.1, 0.15) is 5.04 Å². The molecule has 33 heavy (non-hydrogen) atoms. The number of pyridine rings is 1. The first kappa shape index (κ1) is 27.0. The summed E-state index contributed by atoms with van der Waals surface area (Å²) in [6, 6.07) is 12.3. The number of thioether (sulfide) groups is 1. The summed E-state index contributed by atoms with van der Waals surface area (Å²) in [4.78, 5) is 19.7. The Kier molecular flexibility index (Phi) is 12.1. The molecule has 0 amide bonds. The molecular formula is C26H39N5OS. The average molecular weight is 470 g/mol. The first-order valence-corrected chi connectivity index (χ1v) is 13.1. The third kappa shape index (κ3) is 8.54. The van der Waals surface area contributed by atoms with E-state index in [4.69, 9.17) is 6.42 Å². The van der Waals surface area contributed by atoms with E-state index in [1.807, 2.05) is 38.1 Å². The molecule has 0 saturated carbocycles. The lowest BCUT2D eigenvalue weighted by molar-refractivity contribution is 0.154. The molecule has 1 unspecified atom stereocenters. The topological polar surface area (TPSA) is 63.7 Å². The van der Waals surface area contributed by atoms with Gasteiger partial charge in [-0.15, -0.1) is 0 Å².